The van der Waals surface area contributed by atoms with Gasteiger partial charge in [0, 0.05) is 9.85 Å². The van der Waals surface area contributed by atoms with Crippen molar-refractivity contribution in [3.05, 3.63) is 33.7 Å². The summed E-state index contributed by atoms with van der Waals surface area (Å²) >= 11 is 5.02. The van der Waals surface area contributed by atoms with Gasteiger partial charge in [0.05, 0.1) is 24.9 Å². The number of nitrogens with zero attached hydrogens (tertiary/aromatic N) is 1. The van der Waals surface area contributed by atoms with Crippen LogP contribution in [0.4, 0.5) is 0 Å². The molecule has 6 heteroatoms. The minimum Gasteiger partial charge on any atom is -0.496 e. The van der Waals surface area contributed by atoms with Crippen LogP contribution in [0, 0.1) is 0 Å². The van der Waals surface area contributed by atoms with E-state index in [-0.39, 0.29) is 0 Å². The summed E-state index contributed by atoms with van der Waals surface area (Å²) in [6.45, 7) is 0.562. The fraction of sp³-hybridized carbons (Fsp3) is 0.182. The number of nitrogens with two attached hydrogens (primary N) is 1. The molecule has 0 amide bonds. The van der Waals surface area contributed by atoms with Crippen LogP contribution in [-0.2, 0) is 6.54 Å². The molecule has 0 aliphatic heterocycles. The zero-order chi connectivity index (χ0) is 12.3. The molecule has 1 aromatic carbocycles. The quantitative estimate of drug-likeness (QED) is 0.672. The summed E-state index contributed by atoms with van der Waals surface area (Å²) in [6.07, 6.45) is 0. The predicted molar refractivity (Wildman–Crippen MR) is 72.8 cm³/mol. The van der Waals surface area contributed by atoms with Gasteiger partial charge in [0.1, 0.15) is 10.8 Å². The number of halogens is 1. The number of hydrazine groups is 1. The Labute approximate surface area is 112 Å². The summed E-state index contributed by atoms with van der Waals surface area (Å²) in [5.74, 6) is 6.09. The molecule has 0 atom stereocenters. The van der Waals surface area contributed by atoms with Crippen molar-refractivity contribution in [2.75, 3.05) is 7.11 Å². The maximum Gasteiger partial charge on any atom is 0.129 e. The Balaban J connectivity index is 2.40. The zero-order valence-corrected chi connectivity index (χ0v) is 11.6. The fourth-order valence-electron chi connectivity index (χ4n) is 1.46. The van der Waals surface area contributed by atoms with Crippen molar-refractivity contribution in [2.24, 2.45) is 5.84 Å². The van der Waals surface area contributed by atoms with Gasteiger partial charge in [0.2, 0.25) is 0 Å². The Morgan fingerprint density at radius 1 is 1.53 bits per heavy atom. The first-order valence-electron chi connectivity index (χ1n) is 4.96. The second-order valence-electron chi connectivity index (χ2n) is 3.37. The molecule has 1 aromatic heterocycles. The Morgan fingerprint density at radius 2 is 2.35 bits per heavy atom. The van der Waals surface area contributed by atoms with Crippen molar-refractivity contribution < 1.29 is 4.74 Å². The maximum absolute atomic E-state index is 5.33. The molecule has 0 unspecified atom stereocenters. The Kier molecular flexibility index (Phi) is 4.11. The second-order valence-corrected chi connectivity index (χ2v) is 5.14. The number of thiazole rings is 1. The SMILES string of the molecule is COc1ccc(Br)cc1-c1nc(CNN)cs1. The van der Waals surface area contributed by atoms with Crippen LogP contribution in [0.3, 0.4) is 0 Å². The van der Waals surface area contributed by atoms with E-state index in [4.69, 9.17) is 10.6 Å². The van der Waals surface area contributed by atoms with Crippen LogP contribution in [0.5, 0.6) is 5.75 Å². The first kappa shape index (κ1) is 12.5. The monoisotopic (exact) mass is 313 g/mol. The number of hydrogen-bond donors (Lipinski definition) is 2. The van der Waals surface area contributed by atoms with Gasteiger partial charge in [-0.25, -0.2) is 4.98 Å². The third-order valence-electron chi connectivity index (χ3n) is 2.23. The minimum atomic E-state index is 0.562. The molecular formula is C11H12BrN3OS. The summed E-state index contributed by atoms with van der Waals surface area (Å²) in [6, 6.07) is 5.86. The van der Waals surface area contributed by atoms with E-state index in [2.05, 4.69) is 26.3 Å². The van der Waals surface area contributed by atoms with Crippen LogP contribution < -0.4 is 16.0 Å². The van der Waals surface area contributed by atoms with Gasteiger partial charge in [-0.15, -0.1) is 11.3 Å². The standard InChI is InChI=1S/C11H12BrN3OS/c1-16-10-3-2-7(12)4-9(10)11-15-8(5-14-13)6-17-11/h2-4,6,14H,5,13H2,1H3. The second kappa shape index (κ2) is 5.59. The van der Waals surface area contributed by atoms with Crippen LogP contribution in [0.1, 0.15) is 5.69 Å². The number of hydrogen-bond acceptors (Lipinski definition) is 5. The molecule has 0 spiro atoms. The molecule has 4 nitrogen and oxygen atoms in total. The Morgan fingerprint density at radius 3 is 3.06 bits per heavy atom. The Hall–Kier alpha value is -0.950. The molecule has 17 heavy (non-hydrogen) atoms. The molecule has 1 heterocycles. The van der Waals surface area contributed by atoms with Gasteiger partial charge < -0.3 is 4.74 Å². The normalized spacial score (nSPS) is 10.5. The summed E-state index contributed by atoms with van der Waals surface area (Å²) in [4.78, 5) is 4.50. The minimum absolute atomic E-state index is 0.562. The van der Waals surface area contributed by atoms with Crippen LogP contribution in [0.15, 0.2) is 28.1 Å². The highest BCUT2D eigenvalue weighted by Gasteiger charge is 2.10. The highest BCUT2D eigenvalue weighted by molar-refractivity contribution is 9.10. The molecule has 3 N–H and O–H groups in total. The molecule has 2 rings (SSSR count). The van der Waals surface area contributed by atoms with Gasteiger partial charge in [-0.3, -0.25) is 11.3 Å². The van der Waals surface area contributed by atoms with E-state index in [0.29, 0.717) is 6.54 Å². The highest BCUT2D eigenvalue weighted by atomic mass is 79.9. The number of rotatable bonds is 4. The lowest BCUT2D eigenvalue weighted by Gasteiger charge is -2.06. The smallest absolute Gasteiger partial charge is 0.129 e. The highest BCUT2D eigenvalue weighted by Crippen LogP contribution is 2.34. The van der Waals surface area contributed by atoms with Crippen molar-refractivity contribution in [1.29, 1.82) is 0 Å². The third-order valence-corrected chi connectivity index (χ3v) is 3.64. The van der Waals surface area contributed by atoms with Crippen LogP contribution in [0.25, 0.3) is 10.6 Å². The van der Waals surface area contributed by atoms with Gasteiger partial charge in [-0.2, -0.15) is 0 Å². The maximum atomic E-state index is 5.33. The van der Waals surface area contributed by atoms with Crippen molar-refractivity contribution >= 4 is 27.3 Å². The average molecular weight is 314 g/mol. The lowest BCUT2D eigenvalue weighted by atomic mass is 10.2. The lowest BCUT2D eigenvalue weighted by Crippen LogP contribution is -2.20. The van der Waals surface area contributed by atoms with Gasteiger partial charge in [0.15, 0.2) is 0 Å². The first-order valence-corrected chi connectivity index (χ1v) is 6.63. The molecule has 0 aliphatic rings. The number of aromatic nitrogens is 1. The number of benzene rings is 1. The molecule has 90 valence electrons. The van der Waals surface area contributed by atoms with Gasteiger partial charge in [-0.1, -0.05) is 15.9 Å². The fourth-order valence-corrected chi connectivity index (χ4v) is 2.67. The predicted octanol–water partition coefficient (Wildman–Crippen LogP) is 2.54. The number of methoxy groups -OCH3 is 1. The van der Waals surface area contributed by atoms with Crippen molar-refractivity contribution in [3.8, 4) is 16.3 Å². The number of nitrogens with one attached hydrogen (secondary N) is 1. The third kappa shape index (κ3) is 2.84. The van der Waals surface area contributed by atoms with E-state index in [1.807, 2.05) is 23.6 Å². The van der Waals surface area contributed by atoms with E-state index < -0.39 is 0 Å². The molecule has 0 saturated heterocycles. The Bertz CT molecular complexity index is 515. The molecule has 0 aliphatic carbocycles. The van der Waals surface area contributed by atoms with Gasteiger partial charge in [0.25, 0.3) is 0 Å². The summed E-state index contributed by atoms with van der Waals surface area (Å²) in [5, 5.41) is 2.91. The van der Waals surface area contributed by atoms with Gasteiger partial charge >= 0.3 is 0 Å². The molecular weight excluding hydrogens is 302 g/mol. The zero-order valence-electron chi connectivity index (χ0n) is 9.24. The van der Waals surface area contributed by atoms with Crippen molar-refractivity contribution in [3.63, 3.8) is 0 Å². The number of ether oxygens (including phenoxy) is 1. The summed E-state index contributed by atoms with van der Waals surface area (Å²) in [7, 11) is 1.66. The lowest BCUT2D eigenvalue weighted by molar-refractivity contribution is 0.416. The van der Waals surface area contributed by atoms with Crippen molar-refractivity contribution in [2.45, 2.75) is 6.54 Å². The molecule has 0 fully saturated rings. The van der Waals surface area contributed by atoms with E-state index in [1.54, 1.807) is 18.4 Å². The largest absolute Gasteiger partial charge is 0.496 e. The van der Waals surface area contributed by atoms with E-state index >= 15 is 0 Å². The molecule has 0 radical (unpaired) electrons. The first-order chi connectivity index (χ1) is 8.24. The summed E-state index contributed by atoms with van der Waals surface area (Å²) < 4.78 is 6.33. The average Bonchev–Trinajstić information content (AvgIpc) is 2.78. The molecule has 0 bridgehead atoms. The van der Waals surface area contributed by atoms with Crippen molar-refractivity contribution in [1.82, 2.24) is 10.4 Å². The molecule has 0 saturated carbocycles. The van der Waals surface area contributed by atoms with Crippen LogP contribution >= 0.6 is 27.3 Å². The summed E-state index contributed by atoms with van der Waals surface area (Å²) in [5.41, 5.74) is 4.50. The van der Waals surface area contributed by atoms with E-state index in [0.717, 1.165) is 26.5 Å². The van der Waals surface area contributed by atoms with E-state index in [9.17, 15) is 0 Å². The van der Waals surface area contributed by atoms with Crippen LogP contribution in [0.2, 0.25) is 0 Å². The van der Waals surface area contributed by atoms with Crippen LogP contribution in [-0.4, -0.2) is 12.1 Å². The molecule has 2 aromatic rings. The van der Waals surface area contributed by atoms with E-state index in [1.165, 1.54) is 0 Å². The topological polar surface area (TPSA) is 60.2 Å². The van der Waals surface area contributed by atoms with Gasteiger partial charge in [-0.05, 0) is 18.2 Å².